The van der Waals surface area contributed by atoms with Crippen LogP contribution in [0.15, 0.2) is 24.3 Å². The number of rotatable bonds is 4. The minimum Gasteiger partial charge on any atom is -0.497 e. The second kappa shape index (κ2) is 5.18. The van der Waals surface area contributed by atoms with Gasteiger partial charge in [0.25, 0.3) is 0 Å². The predicted molar refractivity (Wildman–Crippen MR) is 87.0 cm³/mol. The number of likely N-dealkylation sites (N-methyl/N-ethyl adjacent to an activating group) is 1. The summed E-state index contributed by atoms with van der Waals surface area (Å²) in [7, 11) is 3.78. The van der Waals surface area contributed by atoms with E-state index in [-0.39, 0.29) is 16.7 Å². The zero-order valence-electron chi connectivity index (χ0n) is 14.1. The molecular weight excluding hydrogens is 264 g/mol. The Bertz CT molecular complexity index is 513. The van der Waals surface area contributed by atoms with Crippen LogP contribution in [-0.4, -0.2) is 37.4 Å². The third-order valence-electron chi connectivity index (χ3n) is 4.79. The van der Waals surface area contributed by atoms with Crippen LogP contribution in [0.2, 0.25) is 0 Å². The molecule has 1 aromatic rings. The Morgan fingerprint density at radius 3 is 2.43 bits per heavy atom. The van der Waals surface area contributed by atoms with Crippen LogP contribution in [0.1, 0.15) is 34.1 Å². The van der Waals surface area contributed by atoms with Crippen molar-refractivity contribution in [3.8, 4) is 5.75 Å². The van der Waals surface area contributed by atoms with E-state index in [1.165, 1.54) is 0 Å². The third-order valence-corrected chi connectivity index (χ3v) is 4.79. The van der Waals surface area contributed by atoms with Crippen molar-refractivity contribution in [1.82, 2.24) is 0 Å². The molecule has 0 aromatic heterocycles. The number of benzene rings is 1. The average Bonchev–Trinajstić information content (AvgIpc) is 2.62. The van der Waals surface area contributed by atoms with E-state index in [2.05, 4.69) is 45.7 Å². The van der Waals surface area contributed by atoms with Gasteiger partial charge in [-0.1, -0.05) is 6.07 Å². The van der Waals surface area contributed by atoms with Crippen LogP contribution in [0.3, 0.4) is 0 Å². The van der Waals surface area contributed by atoms with E-state index in [4.69, 9.17) is 15.2 Å². The van der Waals surface area contributed by atoms with Gasteiger partial charge >= 0.3 is 0 Å². The van der Waals surface area contributed by atoms with E-state index in [1.54, 1.807) is 7.11 Å². The predicted octanol–water partition coefficient (Wildman–Crippen LogP) is 2.81. The summed E-state index contributed by atoms with van der Waals surface area (Å²) in [5.41, 5.74) is 6.55. The number of nitrogens with two attached hydrogens (primary N) is 1. The van der Waals surface area contributed by atoms with Gasteiger partial charge in [-0.05, 0) is 39.8 Å². The number of ether oxygens (including phenoxy) is 2. The van der Waals surface area contributed by atoms with Gasteiger partial charge < -0.3 is 20.1 Å². The van der Waals surface area contributed by atoms with Gasteiger partial charge in [-0.2, -0.15) is 0 Å². The summed E-state index contributed by atoms with van der Waals surface area (Å²) in [4.78, 5) is 2.25. The van der Waals surface area contributed by atoms with E-state index in [0.717, 1.165) is 17.9 Å². The minimum absolute atomic E-state index is 0.185. The Kier molecular flexibility index (Phi) is 3.98. The molecule has 2 rings (SSSR count). The lowest BCUT2D eigenvalue weighted by Gasteiger charge is -2.47. The highest BCUT2D eigenvalue weighted by atomic mass is 16.5. The highest BCUT2D eigenvalue weighted by Crippen LogP contribution is 2.48. The van der Waals surface area contributed by atoms with Crippen LogP contribution in [-0.2, 0) is 4.74 Å². The molecule has 0 spiro atoms. The first-order chi connectivity index (χ1) is 9.67. The molecule has 2 N–H and O–H groups in total. The van der Waals surface area contributed by atoms with Crippen molar-refractivity contribution >= 4 is 5.69 Å². The Morgan fingerprint density at radius 2 is 1.95 bits per heavy atom. The Balaban J connectivity index is 2.44. The summed E-state index contributed by atoms with van der Waals surface area (Å²) >= 11 is 0. The number of hydrogen-bond acceptors (Lipinski definition) is 4. The van der Waals surface area contributed by atoms with Gasteiger partial charge in [0, 0.05) is 31.8 Å². The molecule has 1 unspecified atom stereocenters. The molecule has 1 aromatic carbocycles. The number of hydrogen-bond donors (Lipinski definition) is 1. The first-order valence-electron chi connectivity index (χ1n) is 7.46. The standard InChI is InChI=1S/C17H28N2O2/c1-15(2)11-17(12-18,16(3,4)21-15)19(5)13-8-7-9-14(10-13)20-6/h7-10H,11-12,18H2,1-6H3. The van der Waals surface area contributed by atoms with E-state index in [0.29, 0.717) is 6.54 Å². The zero-order chi connectivity index (χ0) is 15.9. The molecule has 0 bridgehead atoms. The monoisotopic (exact) mass is 292 g/mol. The van der Waals surface area contributed by atoms with E-state index in [9.17, 15) is 0 Å². The highest BCUT2D eigenvalue weighted by molar-refractivity contribution is 5.54. The fourth-order valence-corrected chi connectivity index (χ4v) is 3.78. The van der Waals surface area contributed by atoms with Crippen molar-refractivity contribution in [3.05, 3.63) is 24.3 Å². The lowest BCUT2D eigenvalue weighted by molar-refractivity contribution is -0.0779. The summed E-state index contributed by atoms with van der Waals surface area (Å²) in [5, 5.41) is 0. The molecule has 0 amide bonds. The molecular formula is C17H28N2O2. The van der Waals surface area contributed by atoms with E-state index < -0.39 is 0 Å². The van der Waals surface area contributed by atoms with Gasteiger partial charge in [0.05, 0.1) is 23.9 Å². The SMILES string of the molecule is COc1cccc(N(C)C2(CN)CC(C)(C)OC2(C)C)c1. The fourth-order valence-electron chi connectivity index (χ4n) is 3.78. The van der Waals surface area contributed by atoms with Crippen molar-refractivity contribution in [2.45, 2.75) is 50.9 Å². The van der Waals surface area contributed by atoms with Gasteiger partial charge in [-0.3, -0.25) is 0 Å². The summed E-state index contributed by atoms with van der Waals surface area (Å²) in [6.45, 7) is 9.06. The number of anilines is 1. The summed E-state index contributed by atoms with van der Waals surface area (Å²) < 4.78 is 11.6. The summed E-state index contributed by atoms with van der Waals surface area (Å²) in [6, 6.07) is 8.08. The molecule has 0 radical (unpaired) electrons. The van der Waals surface area contributed by atoms with Crippen LogP contribution in [0, 0.1) is 0 Å². The van der Waals surface area contributed by atoms with Crippen molar-refractivity contribution in [2.75, 3.05) is 25.6 Å². The highest BCUT2D eigenvalue weighted by Gasteiger charge is 2.58. The molecule has 1 heterocycles. The molecule has 1 atom stereocenters. The van der Waals surface area contributed by atoms with Crippen molar-refractivity contribution in [1.29, 1.82) is 0 Å². The second-order valence-electron chi connectivity index (χ2n) is 7.05. The maximum atomic E-state index is 6.29. The van der Waals surface area contributed by atoms with Gasteiger partial charge in [0.1, 0.15) is 5.75 Å². The molecule has 1 fully saturated rings. The molecule has 1 saturated heterocycles. The number of nitrogens with zero attached hydrogens (tertiary/aromatic N) is 1. The molecule has 0 saturated carbocycles. The third kappa shape index (κ3) is 2.62. The van der Waals surface area contributed by atoms with E-state index in [1.807, 2.05) is 18.2 Å². The average molecular weight is 292 g/mol. The molecule has 21 heavy (non-hydrogen) atoms. The quantitative estimate of drug-likeness (QED) is 0.927. The first kappa shape index (κ1) is 16.1. The Hall–Kier alpha value is -1.26. The smallest absolute Gasteiger partial charge is 0.120 e. The van der Waals surface area contributed by atoms with Gasteiger partial charge in [0.15, 0.2) is 0 Å². The Labute approximate surface area is 128 Å². The van der Waals surface area contributed by atoms with Crippen LogP contribution in [0.25, 0.3) is 0 Å². The van der Waals surface area contributed by atoms with Crippen LogP contribution < -0.4 is 15.4 Å². The molecule has 4 heteroatoms. The molecule has 1 aliphatic heterocycles. The fraction of sp³-hybridized carbons (Fsp3) is 0.647. The van der Waals surface area contributed by atoms with Crippen molar-refractivity contribution in [2.24, 2.45) is 5.73 Å². The van der Waals surface area contributed by atoms with Crippen molar-refractivity contribution < 1.29 is 9.47 Å². The van der Waals surface area contributed by atoms with Crippen LogP contribution >= 0.6 is 0 Å². The largest absolute Gasteiger partial charge is 0.497 e. The first-order valence-corrected chi connectivity index (χ1v) is 7.46. The normalized spacial score (nSPS) is 26.6. The topological polar surface area (TPSA) is 47.7 Å². The Morgan fingerprint density at radius 1 is 1.29 bits per heavy atom. The van der Waals surface area contributed by atoms with Crippen LogP contribution in [0.5, 0.6) is 5.75 Å². The zero-order valence-corrected chi connectivity index (χ0v) is 14.1. The number of methoxy groups -OCH3 is 1. The van der Waals surface area contributed by atoms with Gasteiger partial charge in [-0.15, -0.1) is 0 Å². The second-order valence-corrected chi connectivity index (χ2v) is 7.05. The molecule has 0 aliphatic carbocycles. The minimum atomic E-state index is -0.330. The molecule has 4 nitrogen and oxygen atoms in total. The molecule has 118 valence electrons. The summed E-state index contributed by atoms with van der Waals surface area (Å²) in [5.74, 6) is 0.850. The van der Waals surface area contributed by atoms with Crippen LogP contribution in [0.4, 0.5) is 5.69 Å². The maximum Gasteiger partial charge on any atom is 0.120 e. The van der Waals surface area contributed by atoms with Gasteiger partial charge in [0.2, 0.25) is 0 Å². The van der Waals surface area contributed by atoms with Crippen molar-refractivity contribution in [3.63, 3.8) is 0 Å². The van der Waals surface area contributed by atoms with Gasteiger partial charge in [-0.25, -0.2) is 0 Å². The van der Waals surface area contributed by atoms with E-state index >= 15 is 0 Å². The lowest BCUT2D eigenvalue weighted by Crippen LogP contribution is -2.62. The maximum absolute atomic E-state index is 6.29. The summed E-state index contributed by atoms with van der Waals surface area (Å²) in [6.07, 6.45) is 0.886. The molecule has 1 aliphatic rings. The lowest BCUT2D eigenvalue weighted by atomic mass is 9.77.